The van der Waals surface area contributed by atoms with Crippen LogP contribution < -0.4 is 5.32 Å². The SMILES string of the molecule is Cc1nc(NC(C)c2ccccc2)cc(C(=O)N(C)C2CCS(=O)(=O)C2)n1. The van der Waals surface area contributed by atoms with E-state index in [-0.39, 0.29) is 35.2 Å². The molecule has 2 atom stereocenters. The first kappa shape index (κ1) is 19.3. The number of aromatic nitrogens is 2. The molecule has 0 saturated carbocycles. The van der Waals surface area contributed by atoms with Crippen molar-refractivity contribution in [3.63, 3.8) is 0 Å². The van der Waals surface area contributed by atoms with Crippen molar-refractivity contribution in [3.05, 3.63) is 53.5 Å². The molecule has 2 heterocycles. The Balaban J connectivity index is 1.77. The molecule has 0 bridgehead atoms. The lowest BCUT2D eigenvalue weighted by atomic mass is 10.1. The van der Waals surface area contributed by atoms with E-state index < -0.39 is 9.84 Å². The van der Waals surface area contributed by atoms with Gasteiger partial charge in [-0.1, -0.05) is 30.3 Å². The zero-order chi connectivity index (χ0) is 19.6. The molecule has 1 saturated heterocycles. The molecule has 1 fully saturated rings. The molecule has 2 unspecified atom stereocenters. The Labute approximate surface area is 159 Å². The molecule has 0 radical (unpaired) electrons. The van der Waals surface area contributed by atoms with Gasteiger partial charge in [0.15, 0.2) is 9.84 Å². The molecule has 0 aliphatic carbocycles. The average Bonchev–Trinajstić information content (AvgIpc) is 3.00. The minimum atomic E-state index is -3.06. The van der Waals surface area contributed by atoms with Crippen molar-refractivity contribution in [2.75, 3.05) is 23.9 Å². The molecule has 2 aromatic rings. The molecule has 27 heavy (non-hydrogen) atoms. The second-order valence-electron chi connectivity index (χ2n) is 6.94. The topological polar surface area (TPSA) is 92.3 Å². The summed E-state index contributed by atoms with van der Waals surface area (Å²) in [6.07, 6.45) is 0.463. The van der Waals surface area contributed by atoms with E-state index in [4.69, 9.17) is 0 Å². The van der Waals surface area contributed by atoms with Crippen LogP contribution in [-0.4, -0.2) is 53.8 Å². The highest BCUT2D eigenvalue weighted by molar-refractivity contribution is 7.91. The number of nitrogens with zero attached hydrogens (tertiary/aromatic N) is 3. The molecule has 0 spiro atoms. The summed E-state index contributed by atoms with van der Waals surface area (Å²) in [5.41, 5.74) is 1.37. The molecule has 7 nitrogen and oxygen atoms in total. The van der Waals surface area contributed by atoms with Crippen molar-refractivity contribution in [1.29, 1.82) is 0 Å². The Morgan fingerprint density at radius 2 is 1.96 bits per heavy atom. The van der Waals surface area contributed by atoms with E-state index in [9.17, 15) is 13.2 Å². The van der Waals surface area contributed by atoms with Crippen molar-refractivity contribution >= 4 is 21.6 Å². The third-order valence-electron chi connectivity index (χ3n) is 4.80. The predicted molar refractivity (Wildman–Crippen MR) is 104 cm³/mol. The maximum atomic E-state index is 12.8. The van der Waals surface area contributed by atoms with Crippen LogP contribution in [0.2, 0.25) is 0 Å². The van der Waals surface area contributed by atoms with Gasteiger partial charge in [0.05, 0.1) is 11.5 Å². The van der Waals surface area contributed by atoms with Crippen LogP contribution >= 0.6 is 0 Å². The number of nitrogens with one attached hydrogen (secondary N) is 1. The van der Waals surface area contributed by atoms with Crippen LogP contribution in [0.1, 0.15) is 41.3 Å². The summed E-state index contributed by atoms with van der Waals surface area (Å²) in [6, 6.07) is 11.3. The second kappa shape index (κ2) is 7.64. The van der Waals surface area contributed by atoms with Crippen LogP contribution in [0.25, 0.3) is 0 Å². The number of hydrogen-bond acceptors (Lipinski definition) is 6. The molecule has 1 amide bonds. The summed E-state index contributed by atoms with van der Waals surface area (Å²) in [7, 11) is -1.43. The van der Waals surface area contributed by atoms with E-state index in [1.165, 1.54) is 4.90 Å². The minimum absolute atomic E-state index is 0.00938. The van der Waals surface area contributed by atoms with Gasteiger partial charge in [0.2, 0.25) is 0 Å². The summed E-state index contributed by atoms with van der Waals surface area (Å²) < 4.78 is 23.4. The zero-order valence-electron chi connectivity index (χ0n) is 15.7. The Kier molecular flexibility index (Phi) is 5.46. The fourth-order valence-electron chi connectivity index (χ4n) is 3.23. The number of aryl methyl sites for hydroxylation is 1. The van der Waals surface area contributed by atoms with E-state index in [1.54, 1.807) is 20.0 Å². The maximum Gasteiger partial charge on any atom is 0.272 e. The first-order chi connectivity index (χ1) is 12.7. The predicted octanol–water partition coefficient (Wildman–Crippen LogP) is 2.22. The van der Waals surface area contributed by atoms with Crippen molar-refractivity contribution in [3.8, 4) is 0 Å². The lowest BCUT2D eigenvalue weighted by Gasteiger charge is -2.23. The highest BCUT2D eigenvalue weighted by Gasteiger charge is 2.33. The van der Waals surface area contributed by atoms with Crippen molar-refractivity contribution in [2.24, 2.45) is 0 Å². The fraction of sp³-hybridized carbons (Fsp3) is 0.421. The van der Waals surface area contributed by atoms with Gasteiger partial charge in [0.1, 0.15) is 17.3 Å². The Hall–Kier alpha value is -2.48. The highest BCUT2D eigenvalue weighted by atomic mass is 32.2. The molecule has 1 aromatic carbocycles. The number of amides is 1. The van der Waals surface area contributed by atoms with Crippen LogP contribution in [0.15, 0.2) is 36.4 Å². The van der Waals surface area contributed by atoms with E-state index in [1.807, 2.05) is 37.3 Å². The van der Waals surface area contributed by atoms with Gasteiger partial charge in [-0.3, -0.25) is 4.79 Å². The zero-order valence-corrected chi connectivity index (χ0v) is 16.5. The summed E-state index contributed by atoms with van der Waals surface area (Å²) in [5, 5.41) is 3.30. The van der Waals surface area contributed by atoms with Gasteiger partial charge in [-0.05, 0) is 25.8 Å². The largest absolute Gasteiger partial charge is 0.363 e. The molecule has 1 aromatic heterocycles. The van der Waals surface area contributed by atoms with Gasteiger partial charge in [-0.15, -0.1) is 0 Å². The standard InChI is InChI=1S/C19H24N4O3S/c1-13(15-7-5-4-6-8-15)20-18-11-17(21-14(2)22-18)19(24)23(3)16-9-10-27(25,26)12-16/h4-8,11,13,16H,9-10,12H2,1-3H3,(H,20,21,22). The molecule has 144 valence electrons. The van der Waals surface area contributed by atoms with E-state index in [0.717, 1.165) is 5.56 Å². The Bertz CT molecular complexity index is 931. The number of carbonyl (C=O) groups excluding carboxylic acids is 1. The van der Waals surface area contributed by atoms with Crippen molar-refractivity contribution in [1.82, 2.24) is 14.9 Å². The van der Waals surface area contributed by atoms with Gasteiger partial charge < -0.3 is 10.2 Å². The molecule has 1 aliphatic heterocycles. The van der Waals surface area contributed by atoms with Gasteiger partial charge >= 0.3 is 0 Å². The van der Waals surface area contributed by atoms with Gasteiger partial charge in [-0.25, -0.2) is 18.4 Å². The van der Waals surface area contributed by atoms with Gasteiger partial charge in [-0.2, -0.15) is 0 Å². The van der Waals surface area contributed by atoms with Crippen LogP contribution in [0.4, 0.5) is 5.82 Å². The lowest BCUT2D eigenvalue weighted by molar-refractivity contribution is 0.0741. The van der Waals surface area contributed by atoms with E-state index in [2.05, 4.69) is 15.3 Å². The molecule has 1 aliphatic rings. The lowest BCUT2D eigenvalue weighted by Crippen LogP contribution is -2.38. The van der Waals surface area contributed by atoms with Crippen LogP contribution in [0.3, 0.4) is 0 Å². The first-order valence-electron chi connectivity index (χ1n) is 8.90. The van der Waals surface area contributed by atoms with Crippen LogP contribution in [-0.2, 0) is 9.84 Å². The molecule has 1 N–H and O–H groups in total. The third-order valence-corrected chi connectivity index (χ3v) is 6.55. The molecule has 3 rings (SSSR count). The van der Waals surface area contributed by atoms with Crippen LogP contribution in [0, 0.1) is 6.92 Å². The van der Waals surface area contributed by atoms with Crippen LogP contribution in [0.5, 0.6) is 0 Å². The normalized spacial score (nSPS) is 19.4. The number of hydrogen-bond donors (Lipinski definition) is 1. The second-order valence-corrected chi connectivity index (χ2v) is 9.16. The fourth-order valence-corrected chi connectivity index (χ4v) is 5.00. The quantitative estimate of drug-likeness (QED) is 0.844. The number of benzene rings is 1. The minimum Gasteiger partial charge on any atom is -0.363 e. The highest BCUT2D eigenvalue weighted by Crippen LogP contribution is 2.21. The van der Waals surface area contributed by atoms with Gasteiger partial charge in [0, 0.05) is 25.2 Å². The third kappa shape index (κ3) is 4.63. The first-order valence-corrected chi connectivity index (χ1v) is 10.7. The number of carbonyl (C=O) groups is 1. The monoisotopic (exact) mass is 388 g/mol. The van der Waals surface area contributed by atoms with Gasteiger partial charge in [0.25, 0.3) is 5.91 Å². The number of sulfone groups is 1. The van der Waals surface area contributed by atoms with Crippen molar-refractivity contribution < 1.29 is 13.2 Å². The summed E-state index contributed by atoms with van der Waals surface area (Å²) in [4.78, 5) is 22.9. The maximum absolute atomic E-state index is 12.8. The molecular formula is C19H24N4O3S. The number of anilines is 1. The summed E-state index contributed by atoms with van der Waals surface area (Å²) in [6.45, 7) is 3.75. The van der Waals surface area contributed by atoms with Crippen molar-refractivity contribution in [2.45, 2.75) is 32.4 Å². The van der Waals surface area contributed by atoms with E-state index in [0.29, 0.717) is 18.1 Å². The Morgan fingerprint density at radius 3 is 2.59 bits per heavy atom. The Morgan fingerprint density at radius 1 is 1.26 bits per heavy atom. The number of rotatable bonds is 5. The molecule has 8 heteroatoms. The summed E-state index contributed by atoms with van der Waals surface area (Å²) >= 11 is 0. The molecular weight excluding hydrogens is 364 g/mol. The smallest absolute Gasteiger partial charge is 0.272 e. The van der Waals surface area contributed by atoms with E-state index >= 15 is 0 Å². The summed E-state index contributed by atoms with van der Waals surface area (Å²) in [5.74, 6) is 0.887. The average molecular weight is 388 g/mol.